The van der Waals surface area contributed by atoms with Crippen LogP contribution in [0.25, 0.3) is 0 Å². The number of Topliss-reactive ketones (excluding diaryl/α,β-unsaturated/α-hetero) is 1. The van der Waals surface area contributed by atoms with Crippen LogP contribution in [0.15, 0.2) is 12.1 Å². The van der Waals surface area contributed by atoms with Crippen molar-refractivity contribution in [3.8, 4) is 0 Å². The van der Waals surface area contributed by atoms with Crippen LogP contribution in [0.2, 0.25) is 5.02 Å². The Hall–Kier alpha value is -0.890. The second-order valence-electron chi connectivity index (χ2n) is 5.98. The van der Waals surface area contributed by atoms with Crippen molar-refractivity contribution >= 4 is 17.4 Å². The largest absolute Gasteiger partial charge is 0.294 e. The lowest BCUT2D eigenvalue weighted by atomic mass is 9.78. The highest BCUT2D eigenvalue weighted by Crippen LogP contribution is 2.30. The molecule has 1 aromatic carbocycles. The molecule has 1 rings (SSSR count). The molecule has 0 saturated carbocycles. The molecule has 0 radical (unpaired) electrons. The monoisotopic (exact) mass is 270 g/mol. The highest BCUT2D eigenvalue weighted by molar-refractivity contribution is 6.34. The van der Waals surface area contributed by atoms with E-state index in [0.29, 0.717) is 17.5 Å². The minimum absolute atomic E-state index is 0.0227. The minimum Gasteiger partial charge on any atom is -0.294 e. The summed E-state index contributed by atoms with van der Waals surface area (Å²) in [7, 11) is 0. The molecule has 0 aliphatic carbocycles. The van der Waals surface area contributed by atoms with E-state index in [1.54, 1.807) is 6.92 Å². The van der Waals surface area contributed by atoms with Crippen molar-refractivity contribution in [2.45, 2.75) is 41.0 Å². The van der Waals surface area contributed by atoms with Crippen LogP contribution in [0.4, 0.5) is 4.39 Å². The zero-order valence-electron chi connectivity index (χ0n) is 11.6. The van der Waals surface area contributed by atoms with Crippen LogP contribution in [-0.2, 0) is 0 Å². The van der Waals surface area contributed by atoms with Crippen LogP contribution >= 0.6 is 11.6 Å². The Bertz CT molecular complexity index is 460. The van der Waals surface area contributed by atoms with Gasteiger partial charge in [0.2, 0.25) is 0 Å². The fraction of sp³-hybridized carbons (Fsp3) is 0.533. The van der Waals surface area contributed by atoms with Gasteiger partial charge in [-0.05, 0) is 36.0 Å². The smallest absolute Gasteiger partial charge is 0.164 e. The predicted octanol–water partition coefficient (Wildman–Crippen LogP) is 5.04. The lowest BCUT2D eigenvalue weighted by Gasteiger charge is -2.26. The first-order chi connectivity index (χ1) is 8.12. The fourth-order valence-corrected chi connectivity index (χ4v) is 1.82. The average molecular weight is 271 g/mol. The van der Waals surface area contributed by atoms with Gasteiger partial charge in [0.05, 0.1) is 5.02 Å². The first-order valence-corrected chi connectivity index (χ1v) is 6.49. The summed E-state index contributed by atoms with van der Waals surface area (Å²) in [6.07, 6.45) is 0.425. The van der Waals surface area contributed by atoms with Crippen molar-refractivity contribution in [3.05, 3.63) is 34.1 Å². The molecular formula is C15H20ClFO. The van der Waals surface area contributed by atoms with E-state index >= 15 is 0 Å². The summed E-state index contributed by atoms with van der Waals surface area (Å²) < 4.78 is 13.3. The van der Waals surface area contributed by atoms with Gasteiger partial charge in [0.1, 0.15) is 5.82 Å². The van der Waals surface area contributed by atoms with Crippen LogP contribution in [0.1, 0.15) is 50.0 Å². The predicted molar refractivity (Wildman–Crippen MR) is 73.7 cm³/mol. The Morgan fingerprint density at radius 1 is 1.39 bits per heavy atom. The van der Waals surface area contributed by atoms with E-state index in [4.69, 9.17) is 11.6 Å². The van der Waals surface area contributed by atoms with Crippen molar-refractivity contribution < 1.29 is 9.18 Å². The molecule has 0 aliphatic rings. The van der Waals surface area contributed by atoms with Crippen LogP contribution in [0, 0.1) is 24.1 Å². The number of carbonyl (C=O) groups is 1. The summed E-state index contributed by atoms with van der Waals surface area (Å²) in [5, 5.41) is 0.198. The molecule has 1 atom stereocenters. The number of rotatable bonds is 3. The van der Waals surface area contributed by atoms with Crippen LogP contribution in [-0.4, -0.2) is 5.78 Å². The number of carbonyl (C=O) groups excluding carboxylic acids is 1. The highest BCUT2D eigenvalue weighted by Gasteiger charge is 2.24. The number of benzene rings is 1. The van der Waals surface area contributed by atoms with Crippen LogP contribution in [0.3, 0.4) is 0 Å². The molecule has 100 valence electrons. The maximum atomic E-state index is 13.3. The molecule has 0 amide bonds. The van der Waals surface area contributed by atoms with Gasteiger partial charge in [-0.15, -0.1) is 0 Å². The van der Waals surface area contributed by atoms with Gasteiger partial charge in [-0.1, -0.05) is 39.3 Å². The summed E-state index contributed by atoms with van der Waals surface area (Å²) in [4.78, 5) is 12.2. The van der Waals surface area contributed by atoms with Gasteiger partial charge in [0.15, 0.2) is 5.78 Å². The van der Waals surface area contributed by atoms with E-state index in [0.717, 1.165) is 0 Å². The van der Waals surface area contributed by atoms with Gasteiger partial charge in [-0.3, -0.25) is 4.79 Å². The Labute approximate surface area is 113 Å². The van der Waals surface area contributed by atoms with Gasteiger partial charge in [-0.2, -0.15) is 0 Å². The zero-order valence-corrected chi connectivity index (χ0v) is 12.4. The van der Waals surface area contributed by atoms with Crippen molar-refractivity contribution in [2.24, 2.45) is 11.3 Å². The maximum Gasteiger partial charge on any atom is 0.164 e. The highest BCUT2D eigenvalue weighted by atomic mass is 35.5. The molecule has 0 bridgehead atoms. The second kappa shape index (κ2) is 5.40. The van der Waals surface area contributed by atoms with Gasteiger partial charge in [-0.25, -0.2) is 4.39 Å². The fourth-order valence-electron chi connectivity index (χ4n) is 1.57. The average Bonchev–Trinajstić information content (AvgIpc) is 2.21. The van der Waals surface area contributed by atoms with Crippen LogP contribution in [0.5, 0.6) is 0 Å². The van der Waals surface area contributed by atoms with Gasteiger partial charge >= 0.3 is 0 Å². The zero-order chi connectivity index (χ0) is 14.1. The van der Waals surface area contributed by atoms with E-state index in [1.165, 1.54) is 12.1 Å². The van der Waals surface area contributed by atoms with Gasteiger partial charge < -0.3 is 0 Å². The van der Waals surface area contributed by atoms with E-state index in [-0.39, 0.29) is 28.0 Å². The van der Waals surface area contributed by atoms with Crippen LogP contribution < -0.4 is 0 Å². The lowest BCUT2D eigenvalue weighted by molar-refractivity contribution is 0.0927. The summed E-state index contributed by atoms with van der Waals surface area (Å²) in [5.74, 6) is -0.155. The lowest BCUT2D eigenvalue weighted by Crippen LogP contribution is -2.20. The molecule has 1 nitrogen and oxygen atoms in total. The number of aryl methyl sites for hydroxylation is 1. The first-order valence-electron chi connectivity index (χ1n) is 6.11. The Balaban J connectivity index is 2.95. The molecule has 0 heterocycles. The number of ketones is 1. The van der Waals surface area contributed by atoms with Crippen molar-refractivity contribution in [2.75, 3.05) is 0 Å². The third-order valence-electron chi connectivity index (χ3n) is 3.52. The minimum atomic E-state index is -0.375. The van der Waals surface area contributed by atoms with Crippen molar-refractivity contribution in [1.82, 2.24) is 0 Å². The molecule has 1 aromatic rings. The molecule has 0 spiro atoms. The molecule has 18 heavy (non-hydrogen) atoms. The summed E-state index contributed by atoms with van der Waals surface area (Å²) >= 11 is 5.93. The molecule has 1 unspecified atom stereocenters. The molecule has 0 N–H and O–H groups in total. The molecule has 3 heteroatoms. The Kier molecular flexibility index (Phi) is 4.55. The second-order valence-corrected chi connectivity index (χ2v) is 6.38. The van der Waals surface area contributed by atoms with E-state index in [2.05, 4.69) is 20.8 Å². The third kappa shape index (κ3) is 3.55. The maximum absolute atomic E-state index is 13.3. The summed E-state index contributed by atoms with van der Waals surface area (Å²) in [6, 6.07) is 2.75. The summed E-state index contributed by atoms with van der Waals surface area (Å²) in [6.45, 7) is 9.98. The summed E-state index contributed by atoms with van der Waals surface area (Å²) in [5.41, 5.74) is 0.940. The van der Waals surface area contributed by atoms with E-state index < -0.39 is 0 Å². The first kappa shape index (κ1) is 15.2. The molecular weight excluding hydrogens is 251 g/mol. The molecule has 0 aromatic heterocycles. The van der Waals surface area contributed by atoms with Gasteiger partial charge in [0, 0.05) is 12.0 Å². The Morgan fingerprint density at radius 2 is 1.94 bits per heavy atom. The molecule has 0 fully saturated rings. The Morgan fingerprint density at radius 3 is 2.44 bits per heavy atom. The SMILES string of the molecule is Cc1cc(C(=O)CC(C)C(C)(C)C)c(Cl)cc1F. The molecule has 0 aliphatic heterocycles. The van der Waals surface area contributed by atoms with E-state index in [9.17, 15) is 9.18 Å². The topological polar surface area (TPSA) is 17.1 Å². The number of halogens is 2. The standard InChI is InChI=1S/C15H20ClFO/c1-9-6-11(12(16)8-13(9)17)14(18)7-10(2)15(3,4)5/h6,8,10H,7H2,1-5H3. The normalized spacial score (nSPS) is 13.5. The van der Waals surface area contributed by atoms with Crippen molar-refractivity contribution in [1.29, 1.82) is 0 Å². The number of hydrogen-bond acceptors (Lipinski definition) is 1. The van der Waals surface area contributed by atoms with E-state index in [1.807, 2.05) is 6.92 Å². The van der Waals surface area contributed by atoms with Crippen molar-refractivity contribution in [3.63, 3.8) is 0 Å². The van der Waals surface area contributed by atoms with Gasteiger partial charge in [0.25, 0.3) is 0 Å². The molecule has 0 saturated heterocycles. The third-order valence-corrected chi connectivity index (χ3v) is 3.83. The number of hydrogen-bond donors (Lipinski definition) is 0. The quantitative estimate of drug-likeness (QED) is 0.703.